The summed E-state index contributed by atoms with van der Waals surface area (Å²) in [5.41, 5.74) is 1.04. The summed E-state index contributed by atoms with van der Waals surface area (Å²) in [7, 11) is 0. The molecule has 0 radical (unpaired) electrons. The predicted octanol–water partition coefficient (Wildman–Crippen LogP) is 3.97. The molecule has 1 amide bonds. The van der Waals surface area contributed by atoms with Crippen molar-refractivity contribution in [2.45, 2.75) is 20.0 Å². The SMILES string of the molecule is Cc1cc(NC(=O)c2cccc(C(F)(F)F)c2)cc(C)n1. The number of aryl methyl sites for hydroxylation is 2. The zero-order chi connectivity index (χ0) is 15.6. The summed E-state index contributed by atoms with van der Waals surface area (Å²) in [6.45, 7) is 3.54. The van der Waals surface area contributed by atoms with Crippen LogP contribution in [0.25, 0.3) is 0 Å². The number of hydrogen-bond donors (Lipinski definition) is 1. The summed E-state index contributed by atoms with van der Waals surface area (Å²) in [5.74, 6) is -0.592. The van der Waals surface area contributed by atoms with Gasteiger partial charge in [-0.15, -0.1) is 0 Å². The molecule has 0 unspecified atom stereocenters. The van der Waals surface area contributed by atoms with E-state index in [9.17, 15) is 18.0 Å². The maximum absolute atomic E-state index is 12.6. The highest BCUT2D eigenvalue weighted by Crippen LogP contribution is 2.29. The van der Waals surface area contributed by atoms with Gasteiger partial charge in [-0.05, 0) is 44.2 Å². The highest BCUT2D eigenvalue weighted by molar-refractivity contribution is 6.04. The van der Waals surface area contributed by atoms with Crippen LogP contribution in [0.15, 0.2) is 36.4 Å². The second kappa shape index (κ2) is 5.55. The lowest BCUT2D eigenvalue weighted by molar-refractivity contribution is -0.137. The van der Waals surface area contributed by atoms with E-state index in [0.717, 1.165) is 12.1 Å². The average Bonchev–Trinajstić information content (AvgIpc) is 2.36. The number of amides is 1. The van der Waals surface area contributed by atoms with Crippen LogP contribution in [0.4, 0.5) is 18.9 Å². The zero-order valence-corrected chi connectivity index (χ0v) is 11.5. The fraction of sp³-hybridized carbons (Fsp3) is 0.200. The first-order chi connectivity index (χ1) is 9.75. The molecule has 0 fully saturated rings. The Hall–Kier alpha value is -2.37. The number of carbonyl (C=O) groups is 1. The van der Waals surface area contributed by atoms with Crippen LogP contribution in [-0.2, 0) is 6.18 Å². The molecular weight excluding hydrogens is 281 g/mol. The Labute approximate surface area is 119 Å². The molecule has 1 aromatic carbocycles. The molecule has 0 aliphatic carbocycles. The van der Waals surface area contributed by atoms with Crippen molar-refractivity contribution >= 4 is 11.6 Å². The highest BCUT2D eigenvalue weighted by Gasteiger charge is 2.30. The van der Waals surface area contributed by atoms with Crippen LogP contribution in [0.5, 0.6) is 0 Å². The number of nitrogens with one attached hydrogen (secondary N) is 1. The Morgan fingerprint density at radius 1 is 1.10 bits per heavy atom. The molecule has 2 rings (SSSR count). The molecule has 0 aliphatic rings. The van der Waals surface area contributed by atoms with Gasteiger partial charge in [-0.25, -0.2) is 0 Å². The normalized spacial score (nSPS) is 11.3. The first-order valence-corrected chi connectivity index (χ1v) is 6.19. The van der Waals surface area contributed by atoms with Crippen molar-refractivity contribution in [3.05, 3.63) is 58.9 Å². The van der Waals surface area contributed by atoms with Gasteiger partial charge in [-0.2, -0.15) is 13.2 Å². The molecule has 0 saturated carbocycles. The van der Waals surface area contributed by atoms with E-state index < -0.39 is 17.6 Å². The zero-order valence-electron chi connectivity index (χ0n) is 11.5. The third-order valence-corrected chi connectivity index (χ3v) is 2.79. The number of alkyl halides is 3. The minimum absolute atomic E-state index is 0.0445. The summed E-state index contributed by atoms with van der Waals surface area (Å²) < 4.78 is 37.9. The van der Waals surface area contributed by atoms with Gasteiger partial charge in [-0.1, -0.05) is 6.07 Å². The summed E-state index contributed by atoms with van der Waals surface area (Å²) in [6.07, 6.45) is -4.47. The molecule has 1 aromatic heterocycles. The van der Waals surface area contributed by atoms with Gasteiger partial charge in [0.25, 0.3) is 5.91 Å². The Morgan fingerprint density at radius 2 is 1.71 bits per heavy atom. The number of halogens is 3. The number of pyridine rings is 1. The molecule has 2 aromatic rings. The molecule has 1 N–H and O–H groups in total. The van der Waals surface area contributed by atoms with E-state index in [-0.39, 0.29) is 5.56 Å². The quantitative estimate of drug-likeness (QED) is 0.910. The molecule has 0 aliphatic heterocycles. The lowest BCUT2D eigenvalue weighted by atomic mass is 10.1. The van der Waals surface area contributed by atoms with Crippen LogP contribution in [0.2, 0.25) is 0 Å². The van der Waals surface area contributed by atoms with Crippen molar-refractivity contribution in [1.29, 1.82) is 0 Å². The maximum atomic E-state index is 12.6. The van der Waals surface area contributed by atoms with Crippen LogP contribution in [-0.4, -0.2) is 10.9 Å². The van der Waals surface area contributed by atoms with Crippen LogP contribution < -0.4 is 5.32 Å². The minimum Gasteiger partial charge on any atom is -0.322 e. The van der Waals surface area contributed by atoms with Crippen LogP contribution in [0.3, 0.4) is 0 Å². The molecule has 3 nitrogen and oxygen atoms in total. The molecule has 21 heavy (non-hydrogen) atoms. The molecular formula is C15H13F3N2O. The molecule has 0 saturated heterocycles. The van der Waals surface area contributed by atoms with Gasteiger partial charge in [-0.3, -0.25) is 9.78 Å². The maximum Gasteiger partial charge on any atom is 0.416 e. The molecule has 0 bridgehead atoms. The molecule has 110 valence electrons. The summed E-state index contributed by atoms with van der Waals surface area (Å²) in [6, 6.07) is 7.61. The van der Waals surface area contributed by atoms with Gasteiger partial charge < -0.3 is 5.32 Å². The molecule has 6 heteroatoms. The van der Waals surface area contributed by atoms with Crippen molar-refractivity contribution < 1.29 is 18.0 Å². The third-order valence-electron chi connectivity index (χ3n) is 2.79. The molecule has 0 spiro atoms. The molecule has 0 atom stereocenters. The van der Waals surface area contributed by atoms with Crippen LogP contribution in [0.1, 0.15) is 27.3 Å². The van der Waals surface area contributed by atoms with Crippen molar-refractivity contribution in [1.82, 2.24) is 4.98 Å². The van der Waals surface area contributed by atoms with Gasteiger partial charge >= 0.3 is 6.18 Å². The van der Waals surface area contributed by atoms with Gasteiger partial charge in [0.2, 0.25) is 0 Å². The summed E-state index contributed by atoms with van der Waals surface area (Å²) in [5, 5.41) is 2.57. The number of benzene rings is 1. The van der Waals surface area contributed by atoms with E-state index in [2.05, 4.69) is 10.3 Å². The second-order valence-electron chi connectivity index (χ2n) is 4.67. The Balaban J connectivity index is 2.24. The summed E-state index contributed by atoms with van der Waals surface area (Å²) in [4.78, 5) is 16.2. The van der Waals surface area contributed by atoms with E-state index >= 15 is 0 Å². The first-order valence-electron chi connectivity index (χ1n) is 6.19. The third kappa shape index (κ3) is 3.81. The van der Waals surface area contributed by atoms with Crippen molar-refractivity contribution in [2.24, 2.45) is 0 Å². The topological polar surface area (TPSA) is 42.0 Å². The minimum atomic E-state index is -4.47. The number of carbonyl (C=O) groups excluding carboxylic acids is 1. The van der Waals surface area contributed by atoms with E-state index in [1.807, 2.05) is 0 Å². The second-order valence-corrected chi connectivity index (χ2v) is 4.67. The van der Waals surface area contributed by atoms with Gasteiger partial charge in [0.05, 0.1) is 5.56 Å². The first kappa shape index (κ1) is 15.0. The monoisotopic (exact) mass is 294 g/mol. The number of anilines is 1. The van der Waals surface area contributed by atoms with Crippen molar-refractivity contribution in [3.8, 4) is 0 Å². The fourth-order valence-electron chi connectivity index (χ4n) is 1.95. The van der Waals surface area contributed by atoms with Crippen molar-refractivity contribution in [3.63, 3.8) is 0 Å². The number of nitrogens with zero attached hydrogens (tertiary/aromatic N) is 1. The van der Waals surface area contributed by atoms with Gasteiger partial charge in [0, 0.05) is 22.6 Å². The highest BCUT2D eigenvalue weighted by atomic mass is 19.4. The summed E-state index contributed by atoms with van der Waals surface area (Å²) >= 11 is 0. The predicted molar refractivity (Wildman–Crippen MR) is 73.1 cm³/mol. The standard InChI is InChI=1S/C15H13F3N2O/c1-9-6-13(7-10(2)19-9)20-14(21)11-4-3-5-12(8-11)15(16,17)18/h3-8H,1-2H3,(H,19,20,21). The Morgan fingerprint density at radius 3 is 2.29 bits per heavy atom. The van der Waals surface area contributed by atoms with E-state index in [0.29, 0.717) is 17.1 Å². The average molecular weight is 294 g/mol. The van der Waals surface area contributed by atoms with Crippen LogP contribution >= 0.6 is 0 Å². The lowest BCUT2D eigenvalue weighted by Crippen LogP contribution is -2.14. The van der Waals surface area contributed by atoms with Crippen molar-refractivity contribution in [2.75, 3.05) is 5.32 Å². The van der Waals surface area contributed by atoms with Gasteiger partial charge in [0.1, 0.15) is 0 Å². The number of rotatable bonds is 2. The fourth-order valence-corrected chi connectivity index (χ4v) is 1.95. The van der Waals surface area contributed by atoms with E-state index in [4.69, 9.17) is 0 Å². The lowest BCUT2D eigenvalue weighted by Gasteiger charge is -2.10. The number of hydrogen-bond acceptors (Lipinski definition) is 2. The van der Waals surface area contributed by atoms with E-state index in [1.54, 1.807) is 26.0 Å². The largest absolute Gasteiger partial charge is 0.416 e. The smallest absolute Gasteiger partial charge is 0.322 e. The Bertz CT molecular complexity index is 661. The van der Waals surface area contributed by atoms with Crippen LogP contribution in [0, 0.1) is 13.8 Å². The number of aromatic nitrogens is 1. The van der Waals surface area contributed by atoms with E-state index in [1.165, 1.54) is 12.1 Å². The van der Waals surface area contributed by atoms with Gasteiger partial charge in [0.15, 0.2) is 0 Å². The molecule has 1 heterocycles. The Kier molecular flexibility index (Phi) is 3.97.